The summed E-state index contributed by atoms with van der Waals surface area (Å²) in [4.78, 5) is 15.2. The second kappa shape index (κ2) is 4.17. The van der Waals surface area contributed by atoms with E-state index in [1.807, 2.05) is 13.0 Å². The zero-order valence-corrected chi connectivity index (χ0v) is 10.6. The fraction of sp³-hybridized carbons (Fsp3) is 0.100. The molecule has 0 fully saturated rings. The molecule has 2 aromatic rings. The molecule has 0 radical (unpaired) electrons. The van der Waals surface area contributed by atoms with Gasteiger partial charge in [-0.1, -0.05) is 0 Å². The first kappa shape index (κ1) is 11.6. The summed E-state index contributed by atoms with van der Waals surface area (Å²) in [6, 6.07) is 1.86. The lowest BCUT2D eigenvalue weighted by Gasteiger charge is -2.04. The zero-order chi connectivity index (χ0) is 12.6. The Morgan fingerprint density at radius 3 is 2.82 bits per heavy atom. The van der Waals surface area contributed by atoms with E-state index in [2.05, 4.69) is 26.0 Å². The van der Waals surface area contributed by atoms with E-state index in [9.17, 15) is 4.79 Å². The topological polar surface area (TPSA) is 99.8 Å². The largest absolute Gasteiger partial charge is 0.396 e. The van der Waals surface area contributed by atoms with Gasteiger partial charge < -0.3 is 11.5 Å². The Balaban J connectivity index is 2.58. The van der Waals surface area contributed by atoms with Crippen molar-refractivity contribution in [3.8, 4) is 5.82 Å². The summed E-state index contributed by atoms with van der Waals surface area (Å²) in [6.45, 7) is 1.93. The summed E-state index contributed by atoms with van der Waals surface area (Å²) in [6.07, 6.45) is 3.16. The Morgan fingerprint density at radius 1 is 1.53 bits per heavy atom. The number of nitrogens with zero attached hydrogens (tertiary/aromatic N) is 3. The molecule has 0 bridgehead atoms. The highest BCUT2D eigenvalue weighted by atomic mass is 79.9. The first-order valence-electron chi connectivity index (χ1n) is 4.77. The van der Waals surface area contributed by atoms with Gasteiger partial charge in [0.05, 0.1) is 16.4 Å². The molecule has 2 rings (SSSR count). The van der Waals surface area contributed by atoms with Crippen LogP contribution in [0.3, 0.4) is 0 Å². The minimum Gasteiger partial charge on any atom is -0.396 e. The first-order valence-corrected chi connectivity index (χ1v) is 5.56. The van der Waals surface area contributed by atoms with Gasteiger partial charge in [-0.05, 0) is 34.5 Å². The van der Waals surface area contributed by atoms with E-state index in [1.165, 1.54) is 10.9 Å². The van der Waals surface area contributed by atoms with Crippen molar-refractivity contribution < 1.29 is 4.79 Å². The molecule has 6 nitrogen and oxygen atoms in total. The number of rotatable bonds is 2. The molecule has 0 atom stereocenters. The second-order valence-corrected chi connectivity index (χ2v) is 4.30. The second-order valence-electron chi connectivity index (χ2n) is 3.51. The molecule has 0 aromatic carbocycles. The average molecular weight is 296 g/mol. The van der Waals surface area contributed by atoms with Crippen LogP contribution in [0.1, 0.15) is 16.1 Å². The van der Waals surface area contributed by atoms with Crippen molar-refractivity contribution in [1.29, 1.82) is 0 Å². The predicted molar refractivity (Wildman–Crippen MR) is 66.7 cm³/mol. The average Bonchev–Trinajstić information content (AvgIpc) is 2.64. The number of nitrogens with two attached hydrogens (primary N) is 2. The molecule has 2 heterocycles. The van der Waals surface area contributed by atoms with Crippen molar-refractivity contribution >= 4 is 27.5 Å². The van der Waals surface area contributed by atoms with Crippen molar-refractivity contribution in [3.63, 3.8) is 0 Å². The molecule has 4 N–H and O–H groups in total. The molecule has 0 aliphatic carbocycles. The van der Waals surface area contributed by atoms with Crippen molar-refractivity contribution in [2.45, 2.75) is 6.92 Å². The minimum absolute atomic E-state index is 0.0419. The predicted octanol–water partition coefficient (Wildman–Crippen LogP) is 1.02. The van der Waals surface area contributed by atoms with Gasteiger partial charge in [-0.2, -0.15) is 5.10 Å². The lowest BCUT2D eigenvalue weighted by Crippen LogP contribution is -2.14. The molecule has 1 amide bonds. The molecule has 88 valence electrons. The van der Waals surface area contributed by atoms with Crippen LogP contribution >= 0.6 is 15.9 Å². The van der Waals surface area contributed by atoms with Crippen LogP contribution in [0, 0.1) is 6.92 Å². The van der Waals surface area contributed by atoms with E-state index in [-0.39, 0.29) is 11.4 Å². The quantitative estimate of drug-likeness (QED) is 0.864. The van der Waals surface area contributed by atoms with Crippen LogP contribution in [0.15, 0.2) is 22.9 Å². The fourth-order valence-electron chi connectivity index (χ4n) is 1.37. The number of carbonyl (C=O) groups excluding carboxylic acids is 1. The summed E-state index contributed by atoms with van der Waals surface area (Å²) in [5.74, 6) is -0.103. The molecule has 2 aromatic heterocycles. The van der Waals surface area contributed by atoms with Gasteiger partial charge in [-0.15, -0.1) is 0 Å². The summed E-state index contributed by atoms with van der Waals surface area (Å²) in [5, 5.41) is 4.01. The number of carbonyl (C=O) groups is 1. The summed E-state index contributed by atoms with van der Waals surface area (Å²) in [7, 11) is 0. The van der Waals surface area contributed by atoms with Crippen LogP contribution in [0.25, 0.3) is 5.82 Å². The SMILES string of the molecule is Cc1ccnc(-n2cc(N)c(C(N)=O)n2)c1Br. The van der Waals surface area contributed by atoms with Crippen LogP contribution in [-0.2, 0) is 0 Å². The van der Waals surface area contributed by atoms with Gasteiger partial charge in [-0.3, -0.25) is 4.79 Å². The molecule has 0 spiro atoms. The first-order chi connectivity index (χ1) is 8.00. The zero-order valence-electron chi connectivity index (χ0n) is 9.01. The highest BCUT2D eigenvalue weighted by molar-refractivity contribution is 9.10. The highest BCUT2D eigenvalue weighted by Crippen LogP contribution is 2.23. The number of nitrogen functional groups attached to an aromatic ring is 1. The van der Waals surface area contributed by atoms with Crippen molar-refractivity contribution in [3.05, 3.63) is 34.2 Å². The lowest BCUT2D eigenvalue weighted by atomic mass is 10.3. The number of pyridine rings is 1. The maximum absolute atomic E-state index is 11.1. The molecule has 0 aliphatic rings. The number of amides is 1. The van der Waals surface area contributed by atoms with E-state index in [1.54, 1.807) is 6.20 Å². The number of aryl methyl sites for hydroxylation is 1. The molecule has 0 unspecified atom stereocenters. The summed E-state index contributed by atoms with van der Waals surface area (Å²) in [5.41, 5.74) is 12.1. The Bertz CT molecular complexity index is 592. The molecular weight excluding hydrogens is 286 g/mol. The van der Waals surface area contributed by atoms with Crippen LogP contribution in [0.4, 0.5) is 5.69 Å². The molecular formula is C10H10BrN5O. The molecule has 7 heteroatoms. The van der Waals surface area contributed by atoms with Gasteiger partial charge in [0.1, 0.15) is 0 Å². The van der Waals surface area contributed by atoms with Gasteiger partial charge in [0.25, 0.3) is 5.91 Å². The van der Waals surface area contributed by atoms with Crippen molar-refractivity contribution in [1.82, 2.24) is 14.8 Å². The third-order valence-corrected chi connectivity index (χ3v) is 3.24. The van der Waals surface area contributed by atoms with E-state index in [0.717, 1.165) is 10.0 Å². The van der Waals surface area contributed by atoms with Crippen molar-refractivity contribution in [2.24, 2.45) is 5.73 Å². The van der Waals surface area contributed by atoms with E-state index >= 15 is 0 Å². The van der Waals surface area contributed by atoms with Gasteiger partial charge in [0.15, 0.2) is 11.5 Å². The Hall–Kier alpha value is -1.89. The van der Waals surface area contributed by atoms with Gasteiger partial charge in [0, 0.05) is 6.20 Å². The highest BCUT2D eigenvalue weighted by Gasteiger charge is 2.14. The third-order valence-electron chi connectivity index (χ3n) is 2.26. The number of hydrogen-bond acceptors (Lipinski definition) is 4. The molecule has 0 saturated heterocycles. The summed E-state index contributed by atoms with van der Waals surface area (Å²) >= 11 is 3.41. The van der Waals surface area contributed by atoms with E-state index in [0.29, 0.717) is 5.82 Å². The number of halogens is 1. The molecule has 0 saturated carbocycles. The Morgan fingerprint density at radius 2 is 2.24 bits per heavy atom. The van der Waals surface area contributed by atoms with Crippen LogP contribution in [-0.4, -0.2) is 20.7 Å². The van der Waals surface area contributed by atoms with Crippen LogP contribution < -0.4 is 11.5 Å². The Labute approximate surface area is 106 Å². The number of anilines is 1. The smallest absolute Gasteiger partial charge is 0.271 e. The molecule has 17 heavy (non-hydrogen) atoms. The normalized spacial score (nSPS) is 10.5. The maximum atomic E-state index is 11.1. The minimum atomic E-state index is -0.662. The number of primary amides is 1. The van der Waals surface area contributed by atoms with E-state index in [4.69, 9.17) is 11.5 Å². The maximum Gasteiger partial charge on any atom is 0.271 e. The monoisotopic (exact) mass is 295 g/mol. The van der Waals surface area contributed by atoms with Crippen molar-refractivity contribution in [2.75, 3.05) is 5.73 Å². The number of hydrogen-bond donors (Lipinski definition) is 2. The van der Waals surface area contributed by atoms with Gasteiger partial charge >= 0.3 is 0 Å². The number of aromatic nitrogens is 3. The standard InChI is InChI=1S/C10H10BrN5O/c1-5-2-3-14-10(7(5)11)16-4-6(12)8(15-16)9(13)17/h2-4H,12H2,1H3,(H2,13,17). The van der Waals surface area contributed by atoms with Gasteiger partial charge in [-0.25, -0.2) is 9.67 Å². The van der Waals surface area contributed by atoms with E-state index < -0.39 is 5.91 Å². The third kappa shape index (κ3) is 2.01. The molecule has 0 aliphatic heterocycles. The summed E-state index contributed by atoms with van der Waals surface area (Å²) < 4.78 is 2.21. The fourth-order valence-corrected chi connectivity index (χ4v) is 1.79. The Kier molecular flexibility index (Phi) is 2.84. The van der Waals surface area contributed by atoms with Crippen LogP contribution in [0.2, 0.25) is 0 Å². The van der Waals surface area contributed by atoms with Gasteiger partial charge in [0.2, 0.25) is 0 Å². The van der Waals surface area contributed by atoms with Crippen LogP contribution in [0.5, 0.6) is 0 Å². The lowest BCUT2D eigenvalue weighted by molar-refractivity contribution is 0.0996.